The molecule has 0 spiro atoms. The highest BCUT2D eigenvalue weighted by atomic mass is 19.1. The molecule has 0 bridgehead atoms. The first kappa shape index (κ1) is 20.1. The van der Waals surface area contributed by atoms with Crippen LogP contribution in [0.25, 0.3) is 22.3 Å². The molecule has 8 heteroatoms. The van der Waals surface area contributed by atoms with Gasteiger partial charge in [0.1, 0.15) is 11.6 Å². The van der Waals surface area contributed by atoms with Crippen molar-refractivity contribution in [3.8, 4) is 11.4 Å². The molecule has 0 saturated carbocycles. The van der Waals surface area contributed by atoms with Crippen molar-refractivity contribution in [1.82, 2.24) is 20.3 Å². The Morgan fingerprint density at radius 1 is 1.22 bits per heavy atom. The number of benzene rings is 2. The first-order valence-electron chi connectivity index (χ1n) is 10.5. The van der Waals surface area contributed by atoms with E-state index in [0.717, 1.165) is 52.2 Å². The summed E-state index contributed by atoms with van der Waals surface area (Å²) in [5.41, 5.74) is 11.2. The van der Waals surface area contributed by atoms with Crippen LogP contribution in [0.4, 0.5) is 10.2 Å². The van der Waals surface area contributed by atoms with Gasteiger partial charge in [-0.1, -0.05) is 24.3 Å². The number of carbonyl (C=O) groups is 1. The molecule has 0 fully saturated rings. The van der Waals surface area contributed by atoms with E-state index in [2.05, 4.69) is 15.6 Å². The summed E-state index contributed by atoms with van der Waals surface area (Å²) >= 11 is 0. The van der Waals surface area contributed by atoms with Crippen LogP contribution >= 0.6 is 0 Å². The van der Waals surface area contributed by atoms with Gasteiger partial charge < -0.3 is 21.4 Å². The van der Waals surface area contributed by atoms with Crippen LogP contribution in [0.5, 0.6) is 0 Å². The van der Waals surface area contributed by atoms with Crippen molar-refractivity contribution in [3.05, 3.63) is 76.4 Å². The summed E-state index contributed by atoms with van der Waals surface area (Å²) in [6.45, 7) is 3.87. The molecule has 2 aromatic carbocycles. The first-order valence-corrected chi connectivity index (χ1v) is 10.5. The number of anilines is 1. The Kier molecular flexibility index (Phi) is 5.07. The molecule has 0 saturated heterocycles. The number of carbonyl (C=O) groups excluding carboxylic acids is 1. The fraction of sp³-hybridized carbons (Fsp3) is 0.208. The standard InChI is InChI=1S/C24H23FN6O/c1-13-20(17-6-3-7-18(22(26)32)21(17)29-13)24-30-19-12-27-9-8-16(19)23(31-24)28-11-14-4-2-5-15(25)10-14/h2-7,10,27,29H,8-9,11-12H2,1H3,(H2,26,32)(H,28,30,31). The van der Waals surface area contributed by atoms with E-state index in [9.17, 15) is 9.18 Å². The van der Waals surface area contributed by atoms with E-state index in [1.165, 1.54) is 12.1 Å². The van der Waals surface area contributed by atoms with Gasteiger partial charge in [-0.2, -0.15) is 0 Å². The van der Waals surface area contributed by atoms with Crippen LogP contribution in [-0.4, -0.2) is 27.4 Å². The van der Waals surface area contributed by atoms with Crippen molar-refractivity contribution in [2.45, 2.75) is 26.4 Å². The van der Waals surface area contributed by atoms with Crippen molar-refractivity contribution >= 4 is 22.6 Å². The van der Waals surface area contributed by atoms with Gasteiger partial charge in [-0.3, -0.25) is 4.79 Å². The highest BCUT2D eigenvalue weighted by Gasteiger charge is 2.22. The molecule has 32 heavy (non-hydrogen) atoms. The zero-order valence-electron chi connectivity index (χ0n) is 17.6. The van der Waals surface area contributed by atoms with Gasteiger partial charge in [0.15, 0.2) is 5.82 Å². The average Bonchev–Trinajstić information content (AvgIpc) is 3.13. The lowest BCUT2D eigenvalue weighted by Crippen LogP contribution is -2.26. The predicted octanol–water partition coefficient (Wildman–Crippen LogP) is 3.43. The van der Waals surface area contributed by atoms with Crippen molar-refractivity contribution in [2.24, 2.45) is 5.73 Å². The van der Waals surface area contributed by atoms with Gasteiger partial charge in [-0.05, 0) is 43.7 Å². The largest absolute Gasteiger partial charge is 0.366 e. The summed E-state index contributed by atoms with van der Waals surface area (Å²) in [7, 11) is 0. The number of halogens is 1. The molecule has 5 N–H and O–H groups in total. The molecule has 1 aliphatic rings. The molecule has 4 aromatic rings. The van der Waals surface area contributed by atoms with E-state index in [1.54, 1.807) is 12.1 Å². The number of primary amides is 1. The van der Waals surface area contributed by atoms with Gasteiger partial charge >= 0.3 is 0 Å². The van der Waals surface area contributed by atoms with Crippen LogP contribution in [0.3, 0.4) is 0 Å². The van der Waals surface area contributed by atoms with Crippen LogP contribution in [0.1, 0.15) is 32.9 Å². The quantitative estimate of drug-likeness (QED) is 0.388. The molecule has 0 atom stereocenters. The molecule has 0 radical (unpaired) electrons. The number of aromatic nitrogens is 3. The number of hydrogen-bond donors (Lipinski definition) is 4. The summed E-state index contributed by atoms with van der Waals surface area (Å²) in [5, 5.41) is 7.59. The fourth-order valence-corrected chi connectivity index (χ4v) is 4.29. The number of H-pyrrole nitrogens is 1. The maximum absolute atomic E-state index is 13.6. The van der Waals surface area contributed by atoms with Crippen LogP contribution in [0.15, 0.2) is 42.5 Å². The number of fused-ring (bicyclic) bond motifs is 2. The second-order valence-electron chi connectivity index (χ2n) is 7.95. The number of rotatable bonds is 5. The number of aromatic amines is 1. The number of nitrogens with two attached hydrogens (primary N) is 1. The normalized spacial score (nSPS) is 13.2. The lowest BCUT2D eigenvalue weighted by atomic mass is 10.0. The number of hydrogen-bond acceptors (Lipinski definition) is 5. The minimum atomic E-state index is -0.489. The number of nitrogens with one attached hydrogen (secondary N) is 3. The Morgan fingerprint density at radius 2 is 2.06 bits per heavy atom. The van der Waals surface area contributed by atoms with Crippen molar-refractivity contribution < 1.29 is 9.18 Å². The Morgan fingerprint density at radius 3 is 2.88 bits per heavy atom. The highest BCUT2D eigenvalue weighted by Crippen LogP contribution is 2.34. The second-order valence-corrected chi connectivity index (χ2v) is 7.95. The predicted molar refractivity (Wildman–Crippen MR) is 122 cm³/mol. The monoisotopic (exact) mass is 430 g/mol. The third-order valence-corrected chi connectivity index (χ3v) is 5.80. The Labute approximate surface area is 184 Å². The van der Waals surface area contributed by atoms with Crippen molar-refractivity contribution in [1.29, 1.82) is 0 Å². The molecular formula is C24H23FN6O. The van der Waals surface area contributed by atoms with E-state index < -0.39 is 5.91 Å². The van der Waals surface area contributed by atoms with Crippen LogP contribution < -0.4 is 16.4 Å². The third kappa shape index (κ3) is 3.58. The Balaban J connectivity index is 1.61. The molecule has 162 valence electrons. The number of amides is 1. The number of para-hydroxylation sites is 1. The molecule has 7 nitrogen and oxygen atoms in total. The lowest BCUT2D eigenvalue weighted by molar-refractivity contribution is 0.100. The maximum Gasteiger partial charge on any atom is 0.250 e. The van der Waals surface area contributed by atoms with Crippen LogP contribution in [0, 0.1) is 12.7 Å². The zero-order valence-corrected chi connectivity index (χ0v) is 17.6. The summed E-state index contributed by atoms with van der Waals surface area (Å²) in [5.74, 6) is 0.560. The van der Waals surface area contributed by atoms with E-state index in [1.807, 2.05) is 25.1 Å². The zero-order chi connectivity index (χ0) is 22.2. The second kappa shape index (κ2) is 8.05. The summed E-state index contributed by atoms with van der Waals surface area (Å²) in [6.07, 6.45) is 0.805. The molecule has 3 heterocycles. The Hall–Kier alpha value is -3.78. The van der Waals surface area contributed by atoms with Crippen molar-refractivity contribution in [2.75, 3.05) is 11.9 Å². The highest BCUT2D eigenvalue weighted by molar-refractivity contribution is 6.09. The lowest BCUT2D eigenvalue weighted by Gasteiger charge is -2.21. The smallest absolute Gasteiger partial charge is 0.250 e. The SMILES string of the molecule is Cc1[nH]c2c(C(N)=O)cccc2c1-c1nc2c(c(NCc3cccc(F)c3)n1)CCNC2. The number of nitrogens with zero attached hydrogens (tertiary/aromatic N) is 2. The molecule has 1 aliphatic heterocycles. The number of aryl methyl sites for hydroxylation is 1. The van der Waals surface area contributed by atoms with E-state index >= 15 is 0 Å². The topological polar surface area (TPSA) is 109 Å². The van der Waals surface area contributed by atoms with Gasteiger partial charge in [0.25, 0.3) is 5.91 Å². The Bertz CT molecular complexity index is 1350. The van der Waals surface area contributed by atoms with Crippen molar-refractivity contribution in [3.63, 3.8) is 0 Å². The van der Waals surface area contributed by atoms with Gasteiger partial charge in [0.2, 0.25) is 0 Å². The molecule has 5 rings (SSSR count). The molecule has 0 unspecified atom stereocenters. The summed E-state index contributed by atoms with van der Waals surface area (Å²) < 4.78 is 13.6. The third-order valence-electron chi connectivity index (χ3n) is 5.80. The molecule has 0 aliphatic carbocycles. The summed E-state index contributed by atoms with van der Waals surface area (Å²) in [6, 6.07) is 12.0. The minimum absolute atomic E-state index is 0.265. The van der Waals surface area contributed by atoms with Gasteiger partial charge in [0, 0.05) is 35.3 Å². The maximum atomic E-state index is 13.6. The molecule has 1 amide bonds. The fourth-order valence-electron chi connectivity index (χ4n) is 4.29. The summed E-state index contributed by atoms with van der Waals surface area (Å²) in [4.78, 5) is 24.9. The van der Waals surface area contributed by atoms with E-state index in [4.69, 9.17) is 15.7 Å². The van der Waals surface area contributed by atoms with Gasteiger partial charge in [-0.25, -0.2) is 14.4 Å². The molecular weight excluding hydrogens is 407 g/mol. The average molecular weight is 430 g/mol. The minimum Gasteiger partial charge on any atom is -0.366 e. The van der Waals surface area contributed by atoms with E-state index in [-0.39, 0.29) is 5.82 Å². The van der Waals surface area contributed by atoms with Crippen LogP contribution in [-0.2, 0) is 19.5 Å². The van der Waals surface area contributed by atoms with Gasteiger partial charge in [-0.15, -0.1) is 0 Å². The molecule has 2 aromatic heterocycles. The van der Waals surface area contributed by atoms with Crippen LogP contribution in [0.2, 0.25) is 0 Å². The van der Waals surface area contributed by atoms with Gasteiger partial charge in [0.05, 0.1) is 16.8 Å². The first-order chi connectivity index (χ1) is 15.5. The van der Waals surface area contributed by atoms with E-state index in [0.29, 0.717) is 30.0 Å².